The van der Waals surface area contributed by atoms with Gasteiger partial charge in [-0.25, -0.2) is 0 Å². The fraction of sp³-hybridized carbons (Fsp3) is 1.00. The average molecular weight is 413 g/mol. The predicted molar refractivity (Wildman–Crippen MR) is 109 cm³/mol. The zero-order chi connectivity index (χ0) is 21.0. The average Bonchev–Trinajstić information content (AvgIpc) is 2.71. The Bertz CT molecular complexity index is 196. The third kappa shape index (κ3) is 33.3. The lowest BCUT2D eigenvalue weighted by atomic mass is 10.5. The molecule has 0 rings (SSSR count). The Balaban J connectivity index is 0. The van der Waals surface area contributed by atoms with Crippen LogP contribution in [0.4, 0.5) is 0 Å². The molecule has 0 aliphatic heterocycles. The van der Waals surface area contributed by atoms with Crippen LogP contribution in [0.1, 0.15) is 27.2 Å². The van der Waals surface area contributed by atoms with Gasteiger partial charge >= 0.3 is 0 Å². The van der Waals surface area contributed by atoms with Gasteiger partial charge in [0.05, 0.1) is 79.3 Å². The van der Waals surface area contributed by atoms with Crippen LogP contribution in [0.5, 0.6) is 0 Å². The highest BCUT2D eigenvalue weighted by Gasteiger charge is 1.91. The fourth-order valence-electron chi connectivity index (χ4n) is 1.67. The van der Waals surface area contributed by atoms with Gasteiger partial charge in [0.25, 0.3) is 0 Å². The Morgan fingerprint density at radius 1 is 0.357 bits per heavy atom. The highest BCUT2D eigenvalue weighted by atomic mass is 16.6. The molecule has 0 aliphatic rings. The van der Waals surface area contributed by atoms with E-state index in [2.05, 4.69) is 6.92 Å². The molecule has 28 heavy (non-hydrogen) atoms. The van der Waals surface area contributed by atoms with Crippen LogP contribution in [0.2, 0.25) is 0 Å². The molecule has 0 aromatic carbocycles. The number of hydrogen-bond acceptors (Lipinski definition) is 8. The zero-order valence-corrected chi connectivity index (χ0v) is 18.6. The Morgan fingerprint density at radius 3 is 0.929 bits per heavy atom. The molecule has 0 N–H and O–H groups in total. The van der Waals surface area contributed by atoms with Crippen molar-refractivity contribution in [1.82, 2.24) is 0 Å². The molecule has 0 aromatic heterocycles. The van der Waals surface area contributed by atoms with E-state index in [1.165, 1.54) is 0 Å². The van der Waals surface area contributed by atoms with Gasteiger partial charge < -0.3 is 37.9 Å². The summed E-state index contributed by atoms with van der Waals surface area (Å²) in [4.78, 5) is 0. The normalized spacial score (nSPS) is 10.7. The van der Waals surface area contributed by atoms with Gasteiger partial charge in [0.1, 0.15) is 0 Å². The zero-order valence-electron chi connectivity index (χ0n) is 18.6. The molecule has 172 valence electrons. The van der Waals surface area contributed by atoms with Gasteiger partial charge in [-0.3, -0.25) is 0 Å². The van der Waals surface area contributed by atoms with E-state index in [1.54, 1.807) is 7.11 Å². The van der Waals surface area contributed by atoms with Crippen LogP contribution in [0.25, 0.3) is 0 Å². The molecule has 8 nitrogen and oxygen atoms in total. The highest BCUT2D eigenvalue weighted by molar-refractivity contribution is 4.34. The van der Waals surface area contributed by atoms with Crippen molar-refractivity contribution < 1.29 is 37.9 Å². The van der Waals surface area contributed by atoms with E-state index in [4.69, 9.17) is 37.9 Å². The van der Waals surface area contributed by atoms with Crippen molar-refractivity contribution in [3.63, 3.8) is 0 Å². The lowest BCUT2D eigenvalue weighted by Crippen LogP contribution is -2.11. The quantitative estimate of drug-likeness (QED) is 0.251. The molecule has 0 amide bonds. The minimum absolute atomic E-state index is 0.622. The van der Waals surface area contributed by atoms with Crippen molar-refractivity contribution in [3.8, 4) is 0 Å². The van der Waals surface area contributed by atoms with Gasteiger partial charge in [-0.05, 0) is 20.3 Å². The summed E-state index contributed by atoms with van der Waals surface area (Å²) in [5.74, 6) is 0. The minimum Gasteiger partial charge on any atom is -0.382 e. The van der Waals surface area contributed by atoms with Gasteiger partial charge in [0.15, 0.2) is 0 Å². The summed E-state index contributed by atoms with van der Waals surface area (Å²) in [6.07, 6.45) is 1.06. The highest BCUT2D eigenvalue weighted by Crippen LogP contribution is 1.83. The lowest BCUT2D eigenvalue weighted by Gasteiger charge is -2.05. The van der Waals surface area contributed by atoms with Crippen molar-refractivity contribution in [2.45, 2.75) is 27.2 Å². The summed E-state index contributed by atoms with van der Waals surface area (Å²) in [6, 6.07) is 0. The van der Waals surface area contributed by atoms with Crippen LogP contribution in [0.15, 0.2) is 0 Å². The molecular formula is C20H44O8. The Labute approximate surface area is 172 Å². The molecule has 0 saturated heterocycles. The standard InChI is InChI=1S/2C10H22O4/c1-3-4-12-7-8-14-10-9-13-6-5-11-2;1-3-11-5-7-13-9-10-14-8-6-12-4-2/h2*3-10H2,1-2H3. The maximum atomic E-state index is 5.27. The van der Waals surface area contributed by atoms with Gasteiger partial charge in [-0.15, -0.1) is 0 Å². The van der Waals surface area contributed by atoms with Crippen LogP contribution in [-0.2, 0) is 37.9 Å². The largest absolute Gasteiger partial charge is 0.382 e. The molecule has 0 unspecified atom stereocenters. The number of ether oxygens (including phenoxy) is 8. The van der Waals surface area contributed by atoms with E-state index in [9.17, 15) is 0 Å². The summed E-state index contributed by atoms with van der Waals surface area (Å²) >= 11 is 0. The van der Waals surface area contributed by atoms with Gasteiger partial charge in [0.2, 0.25) is 0 Å². The summed E-state index contributed by atoms with van der Waals surface area (Å²) in [5, 5.41) is 0. The SMILES string of the molecule is CCCOCCOCCOCCOC.CCOCCOCCOCCOCC. The Morgan fingerprint density at radius 2 is 0.643 bits per heavy atom. The van der Waals surface area contributed by atoms with E-state index < -0.39 is 0 Å². The van der Waals surface area contributed by atoms with Crippen LogP contribution in [-0.4, -0.2) is 106 Å². The molecule has 0 fully saturated rings. The van der Waals surface area contributed by atoms with E-state index in [1.807, 2.05) is 13.8 Å². The lowest BCUT2D eigenvalue weighted by molar-refractivity contribution is 0.000930. The number of methoxy groups -OCH3 is 1. The second kappa shape index (κ2) is 31.4. The maximum Gasteiger partial charge on any atom is 0.0701 e. The first kappa shape index (κ1) is 29.9. The van der Waals surface area contributed by atoms with Crippen molar-refractivity contribution in [1.29, 1.82) is 0 Å². The summed E-state index contributed by atoms with van der Waals surface area (Å²) in [5.41, 5.74) is 0. The third-order valence-electron chi connectivity index (χ3n) is 3.05. The van der Waals surface area contributed by atoms with Crippen LogP contribution in [0, 0.1) is 0 Å². The fourth-order valence-corrected chi connectivity index (χ4v) is 1.67. The van der Waals surface area contributed by atoms with Crippen molar-refractivity contribution in [2.24, 2.45) is 0 Å². The third-order valence-corrected chi connectivity index (χ3v) is 3.05. The van der Waals surface area contributed by atoms with Gasteiger partial charge in [-0.2, -0.15) is 0 Å². The predicted octanol–water partition coefficient (Wildman–Crippen LogP) is 2.19. The minimum atomic E-state index is 0.622. The molecule has 0 bridgehead atoms. The van der Waals surface area contributed by atoms with Crippen LogP contribution in [0.3, 0.4) is 0 Å². The first-order valence-electron chi connectivity index (χ1n) is 10.4. The first-order valence-corrected chi connectivity index (χ1v) is 10.4. The molecule has 0 saturated carbocycles. The Hall–Kier alpha value is -0.320. The number of rotatable bonds is 22. The van der Waals surface area contributed by atoms with Crippen molar-refractivity contribution in [3.05, 3.63) is 0 Å². The number of hydrogen-bond donors (Lipinski definition) is 0. The molecule has 0 aromatic rings. The van der Waals surface area contributed by atoms with Crippen LogP contribution < -0.4 is 0 Å². The molecular weight excluding hydrogens is 368 g/mol. The second-order valence-electron chi connectivity index (χ2n) is 5.45. The molecule has 0 aliphatic carbocycles. The van der Waals surface area contributed by atoms with Crippen molar-refractivity contribution in [2.75, 3.05) is 106 Å². The van der Waals surface area contributed by atoms with E-state index >= 15 is 0 Å². The van der Waals surface area contributed by atoms with Crippen molar-refractivity contribution >= 4 is 0 Å². The second-order valence-corrected chi connectivity index (χ2v) is 5.45. The summed E-state index contributed by atoms with van der Waals surface area (Å²) in [7, 11) is 1.66. The maximum absolute atomic E-state index is 5.27. The van der Waals surface area contributed by atoms with E-state index in [-0.39, 0.29) is 0 Å². The molecule has 0 atom stereocenters. The topological polar surface area (TPSA) is 73.8 Å². The van der Waals surface area contributed by atoms with Crippen LogP contribution >= 0.6 is 0 Å². The summed E-state index contributed by atoms with van der Waals surface area (Å²) < 4.78 is 41.3. The smallest absolute Gasteiger partial charge is 0.0701 e. The molecule has 0 spiro atoms. The van der Waals surface area contributed by atoms with E-state index in [0.29, 0.717) is 79.3 Å². The Kier molecular flexibility index (Phi) is 33.5. The first-order chi connectivity index (χ1) is 13.8. The van der Waals surface area contributed by atoms with E-state index in [0.717, 1.165) is 26.2 Å². The van der Waals surface area contributed by atoms with Gasteiger partial charge in [0, 0.05) is 26.9 Å². The molecule has 0 radical (unpaired) electrons. The monoisotopic (exact) mass is 412 g/mol. The molecule has 0 heterocycles. The van der Waals surface area contributed by atoms with Gasteiger partial charge in [-0.1, -0.05) is 6.92 Å². The summed E-state index contributed by atoms with van der Waals surface area (Å²) in [6.45, 7) is 16.0. The molecule has 8 heteroatoms.